The van der Waals surface area contributed by atoms with Crippen LogP contribution in [0.1, 0.15) is 33.6 Å². The maximum absolute atomic E-state index is 12.3. The van der Waals surface area contributed by atoms with Gasteiger partial charge in [-0.15, -0.1) is 11.3 Å². The lowest BCUT2D eigenvalue weighted by atomic mass is 10.0. The van der Waals surface area contributed by atoms with Crippen molar-refractivity contribution in [1.82, 2.24) is 15.3 Å². The van der Waals surface area contributed by atoms with Crippen molar-refractivity contribution in [2.45, 2.75) is 32.4 Å². The number of aromatic amines is 1. The van der Waals surface area contributed by atoms with E-state index >= 15 is 0 Å². The molecule has 0 aliphatic heterocycles. The van der Waals surface area contributed by atoms with Crippen molar-refractivity contribution in [3.63, 3.8) is 0 Å². The summed E-state index contributed by atoms with van der Waals surface area (Å²) in [7, 11) is 0. The van der Waals surface area contributed by atoms with Crippen LogP contribution in [0.5, 0.6) is 0 Å². The fraction of sp³-hybridized carbons (Fsp3) is 0.250. The highest BCUT2D eigenvalue weighted by Gasteiger charge is 2.24. The largest absolute Gasteiger partial charge is 0.361 e. The molecular formula is C20H20N4O2S. The molecule has 0 unspecified atom stereocenters. The van der Waals surface area contributed by atoms with Gasteiger partial charge >= 0.3 is 0 Å². The zero-order valence-corrected chi connectivity index (χ0v) is 15.7. The van der Waals surface area contributed by atoms with E-state index in [1.165, 1.54) is 0 Å². The quantitative estimate of drug-likeness (QED) is 0.612. The predicted octanol–water partition coefficient (Wildman–Crippen LogP) is 3.31. The van der Waals surface area contributed by atoms with Crippen molar-refractivity contribution in [2.24, 2.45) is 0 Å². The number of aromatic nitrogens is 2. The molecule has 7 heteroatoms. The van der Waals surface area contributed by atoms with E-state index in [-0.39, 0.29) is 17.3 Å². The molecule has 0 atom stereocenters. The van der Waals surface area contributed by atoms with Gasteiger partial charge in [-0.25, -0.2) is 4.98 Å². The minimum Gasteiger partial charge on any atom is -0.361 e. The molecule has 1 aromatic carbocycles. The number of carbonyl (C=O) groups excluding carboxylic acids is 1. The van der Waals surface area contributed by atoms with E-state index in [0.717, 1.165) is 28.8 Å². The third kappa shape index (κ3) is 4.09. The molecule has 27 heavy (non-hydrogen) atoms. The van der Waals surface area contributed by atoms with E-state index < -0.39 is 0 Å². The number of carbonyl (C=O) groups is 1. The molecule has 1 amide bonds. The summed E-state index contributed by atoms with van der Waals surface area (Å²) in [5.74, 6) is 0.201. The standard InChI is InChI=1S/C20H20N4O2S/c1-12-4-5-13(19(25)23-14-6-7-14)9-16(12)17-11-22-20(26)18(24-17)21-10-15-3-2-8-27-15/h2-5,8-9,11,14H,6-7,10H2,1H3,(H,21,24)(H,22,26)(H,23,25). The van der Waals surface area contributed by atoms with Gasteiger partial charge in [0.15, 0.2) is 5.82 Å². The van der Waals surface area contributed by atoms with Crippen molar-refractivity contribution in [3.05, 3.63) is 68.3 Å². The SMILES string of the molecule is Cc1ccc(C(=O)NC2CC2)cc1-c1c[nH]c(=O)c(NCc2cccs2)n1. The number of H-pyrrole nitrogens is 1. The van der Waals surface area contributed by atoms with E-state index in [1.54, 1.807) is 17.5 Å². The van der Waals surface area contributed by atoms with Gasteiger partial charge in [-0.2, -0.15) is 0 Å². The molecule has 4 rings (SSSR count). The lowest BCUT2D eigenvalue weighted by Gasteiger charge is -2.10. The van der Waals surface area contributed by atoms with Crippen molar-refractivity contribution in [1.29, 1.82) is 0 Å². The highest BCUT2D eigenvalue weighted by atomic mass is 32.1. The summed E-state index contributed by atoms with van der Waals surface area (Å²) in [4.78, 5) is 32.8. The second kappa shape index (κ2) is 7.36. The molecule has 0 saturated heterocycles. The van der Waals surface area contributed by atoms with Crippen LogP contribution in [0.2, 0.25) is 0 Å². The second-order valence-electron chi connectivity index (χ2n) is 6.67. The average Bonchev–Trinajstić information content (AvgIpc) is 3.32. The number of benzene rings is 1. The molecule has 0 bridgehead atoms. The fourth-order valence-corrected chi connectivity index (χ4v) is 3.43. The second-order valence-corrected chi connectivity index (χ2v) is 7.71. The molecule has 0 radical (unpaired) electrons. The van der Waals surface area contributed by atoms with Crippen LogP contribution in [-0.2, 0) is 6.54 Å². The van der Waals surface area contributed by atoms with Gasteiger partial charge in [-0.3, -0.25) is 9.59 Å². The van der Waals surface area contributed by atoms with Crippen LogP contribution in [0.3, 0.4) is 0 Å². The van der Waals surface area contributed by atoms with Gasteiger partial charge in [0, 0.05) is 28.2 Å². The first kappa shape index (κ1) is 17.5. The monoisotopic (exact) mass is 380 g/mol. The number of thiophene rings is 1. The van der Waals surface area contributed by atoms with Gasteiger partial charge < -0.3 is 15.6 Å². The predicted molar refractivity (Wildman–Crippen MR) is 107 cm³/mol. The number of nitrogens with one attached hydrogen (secondary N) is 3. The Morgan fingerprint density at radius 1 is 1.33 bits per heavy atom. The smallest absolute Gasteiger partial charge is 0.290 e. The van der Waals surface area contributed by atoms with Crippen LogP contribution in [-0.4, -0.2) is 21.9 Å². The van der Waals surface area contributed by atoms with Gasteiger partial charge in [-0.1, -0.05) is 12.1 Å². The Labute approximate surface area is 160 Å². The topological polar surface area (TPSA) is 86.9 Å². The number of hydrogen-bond acceptors (Lipinski definition) is 5. The summed E-state index contributed by atoms with van der Waals surface area (Å²) in [5, 5.41) is 8.08. The highest BCUT2D eigenvalue weighted by Crippen LogP contribution is 2.24. The maximum Gasteiger partial charge on any atom is 0.290 e. The van der Waals surface area contributed by atoms with E-state index in [4.69, 9.17) is 0 Å². The summed E-state index contributed by atoms with van der Waals surface area (Å²) < 4.78 is 0. The summed E-state index contributed by atoms with van der Waals surface area (Å²) in [6.07, 6.45) is 3.68. The van der Waals surface area contributed by atoms with E-state index in [1.807, 2.05) is 42.6 Å². The van der Waals surface area contributed by atoms with Gasteiger partial charge in [-0.05, 0) is 48.9 Å². The number of rotatable bonds is 6. The Hall–Kier alpha value is -2.93. The first-order valence-electron chi connectivity index (χ1n) is 8.88. The maximum atomic E-state index is 12.3. The third-order valence-electron chi connectivity index (χ3n) is 4.49. The summed E-state index contributed by atoms with van der Waals surface area (Å²) >= 11 is 1.62. The summed E-state index contributed by atoms with van der Waals surface area (Å²) in [6, 6.07) is 9.83. The van der Waals surface area contributed by atoms with Crippen LogP contribution >= 0.6 is 11.3 Å². The van der Waals surface area contributed by atoms with Crippen molar-refractivity contribution < 1.29 is 4.79 Å². The van der Waals surface area contributed by atoms with Crippen LogP contribution in [0.4, 0.5) is 5.82 Å². The molecule has 3 N–H and O–H groups in total. The van der Waals surface area contributed by atoms with Crippen LogP contribution in [0, 0.1) is 6.92 Å². The van der Waals surface area contributed by atoms with Crippen molar-refractivity contribution in [3.8, 4) is 11.3 Å². The molecule has 1 fully saturated rings. The summed E-state index contributed by atoms with van der Waals surface area (Å²) in [5.41, 5.74) is 2.77. The molecule has 1 aliphatic carbocycles. The highest BCUT2D eigenvalue weighted by molar-refractivity contribution is 7.09. The van der Waals surface area contributed by atoms with E-state index in [0.29, 0.717) is 23.8 Å². The third-order valence-corrected chi connectivity index (χ3v) is 5.36. The molecule has 2 heterocycles. The molecular weight excluding hydrogens is 360 g/mol. The minimum atomic E-state index is -0.268. The van der Waals surface area contributed by atoms with Crippen LogP contribution < -0.4 is 16.2 Å². The molecule has 1 aliphatic rings. The van der Waals surface area contributed by atoms with Crippen LogP contribution in [0.15, 0.2) is 46.7 Å². The Morgan fingerprint density at radius 2 is 2.19 bits per heavy atom. The first-order chi connectivity index (χ1) is 13.1. The fourth-order valence-electron chi connectivity index (χ4n) is 2.78. The zero-order valence-electron chi connectivity index (χ0n) is 14.9. The lowest BCUT2D eigenvalue weighted by molar-refractivity contribution is 0.0951. The summed E-state index contributed by atoms with van der Waals surface area (Å²) in [6.45, 7) is 2.50. The van der Waals surface area contributed by atoms with Gasteiger partial charge in [0.05, 0.1) is 12.2 Å². The first-order valence-corrected chi connectivity index (χ1v) is 9.76. The van der Waals surface area contributed by atoms with Crippen molar-refractivity contribution in [2.75, 3.05) is 5.32 Å². The molecule has 1 saturated carbocycles. The van der Waals surface area contributed by atoms with E-state index in [9.17, 15) is 9.59 Å². The number of aryl methyl sites for hydroxylation is 1. The van der Waals surface area contributed by atoms with Gasteiger partial charge in [0.2, 0.25) is 0 Å². The molecule has 0 spiro atoms. The molecule has 3 aromatic rings. The number of nitrogens with zero attached hydrogens (tertiary/aromatic N) is 1. The van der Waals surface area contributed by atoms with Gasteiger partial charge in [0.25, 0.3) is 11.5 Å². The zero-order chi connectivity index (χ0) is 18.8. The minimum absolute atomic E-state index is 0.0702. The Morgan fingerprint density at radius 3 is 2.93 bits per heavy atom. The Kier molecular flexibility index (Phi) is 4.77. The van der Waals surface area contributed by atoms with Crippen LogP contribution in [0.25, 0.3) is 11.3 Å². The van der Waals surface area contributed by atoms with E-state index in [2.05, 4.69) is 20.6 Å². The number of amides is 1. The number of anilines is 1. The normalized spacial score (nSPS) is 13.4. The van der Waals surface area contributed by atoms with Crippen molar-refractivity contribution >= 4 is 23.1 Å². The Balaban J connectivity index is 1.61. The molecule has 6 nitrogen and oxygen atoms in total. The molecule has 2 aromatic heterocycles. The average molecular weight is 380 g/mol. The Bertz CT molecular complexity index is 1020. The number of hydrogen-bond donors (Lipinski definition) is 3. The van der Waals surface area contributed by atoms with Gasteiger partial charge in [0.1, 0.15) is 0 Å². The lowest BCUT2D eigenvalue weighted by Crippen LogP contribution is -2.25. The molecule has 138 valence electrons.